The molecular weight excluding hydrogens is 314 g/mol. The highest BCUT2D eigenvalue weighted by Crippen LogP contribution is 2.24. The molecule has 0 atom stereocenters. The van der Waals surface area contributed by atoms with Gasteiger partial charge in [-0.05, 0) is 63.5 Å². The summed E-state index contributed by atoms with van der Waals surface area (Å²) >= 11 is 0. The summed E-state index contributed by atoms with van der Waals surface area (Å²) in [7, 11) is 0. The molecule has 2 N–H and O–H groups in total. The number of rotatable bonds is 5. The van der Waals surface area contributed by atoms with Gasteiger partial charge < -0.3 is 15.5 Å². The van der Waals surface area contributed by atoms with Crippen LogP contribution in [0.3, 0.4) is 0 Å². The molecule has 1 saturated carbocycles. The van der Waals surface area contributed by atoms with E-state index in [9.17, 15) is 9.59 Å². The minimum Gasteiger partial charge on any atom is -0.353 e. The molecule has 3 aliphatic rings. The van der Waals surface area contributed by atoms with Crippen LogP contribution >= 0.6 is 0 Å². The SMILES string of the molecule is O=C(CC1CCN(C(=O)CC2CCNCC2)CC1)NC1CCCCC1. The van der Waals surface area contributed by atoms with Gasteiger partial charge >= 0.3 is 0 Å². The van der Waals surface area contributed by atoms with E-state index in [1.807, 2.05) is 4.90 Å². The first-order chi connectivity index (χ1) is 12.2. The monoisotopic (exact) mass is 349 g/mol. The molecule has 0 aromatic carbocycles. The average Bonchev–Trinajstić information content (AvgIpc) is 2.64. The Bertz CT molecular complexity index is 434. The largest absolute Gasteiger partial charge is 0.353 e. The number of carbonyl (C=O) groups excluding carboxylic acids is 2. The van der Waals surface area contributed by atoms with Crippen LogP contribution in [0.2, 0.25) is 0 Å². The van der Waals surface area contributed by atoms with E-state index in [-0.39, 0.29) is 5.91 Å². The predicted molar refractivity (Wildman–Crippen MR) is 99.1 cm³/mol. The fraction of sp³-hybridized carbons (Fsp3) is 0.900. The summed E-state index contributed by atoms with van der Waals surface area (Å²) in [4.78, 5) is 26.8. The third-order valence-electron chi connectivity index (χ3n) is 6.33. The van der Waals surface area contributed by atoms with Crippen LogP contribution in [-0.2, 0) is 9.59 Å². The fourth-order valence-electron chi connectivity index (χ4n) is 4.64. The number of nitrogens with one attached hydrogen (secondary N) is 2. The Labute approximate surface area is 152 Å². The van der Waals surface area contributed by atoms with E-state index in [1.165, 1.54) is 19.3 Å². The van der Waals surface area contributed by atoms with Crippen LogP contribution in [0.1, 0.15) is 70.6 Å². The van der Waals surface area contributed by atoms with Gasteiger partial charge in [-0.25, -0.2) is 0 Å². The average molecular weight is 350 g/mol. The molecule has 5 heteroatoms. The highest BCUT2D eigenvalue weighted by molar-refractivity contribution is 5.77. The van der Waals surface area contributed by atoms with Crippen molar-refractivity contribution >= 4 is 11.8 Å². The Hall–Kier alpha value is -1.10. The third kappa shape index (κ3) is 5.98. The Kier molecular flexibility index (Phi) is 7.14. The maximum absolute atomic E-state index is 12.5. The van der Waals surface area contributed by atoms with Crippen LogP contribution < -0.4 is 10.6 Å². The van der Waals surface area contributed by atoms with Crippen LogP contribution in [0.15, 0.2) is 0 Å². The molecule has 0 radical (unpaired) electrons. The molecule has 0 aromatic rings. The van der Waals surface area contributed by atoms with E-state index in [1.54, 1.807) is 0 Å². The lowest BCUT2D eigenvalue weighted by molar-refractivity contribution is -0.134. The molecular formula is C20H35N3O2. The molecule has 0 unspecified atom stereocenters. The van der Waals surface area contributed by atoms with Gasteiger partial charge in [-0.15, -0.1) is 0 Å². The Morgan fingerprint density at radius 1 is 0.840 bits per heavy atom. The molecule has 25 heavy (non-hydrogen) atoms. The number of amides is 2. The molecule has 2 heterocycles. The van der Waals surface area contributed by atoms with E-state index < -0.39 is 0 Å². The van der Waals surface area contributed by atoms with Gasteiger partial charge in [0.1, 0.15) is 0 Å². The van der Waals surface area contributed by atoms with Crippen molar-refractivity contribution in [2.45, 2.75) is 76.7 Å². The summed E-state index contributed by atoms with van der Waals surface area (Å²) in [6.45, 7) is 3.78. The van der Waals surface area contributed by atoms with Crippen LogP contribution in [0.4, 0.5) is 0 Å². The summed E-state index contributed by atoms with van der Waals surface area (Å²) in [5.74, 6) is 1.57. The second-order valence-electron chi connectivity index (χ2n) is 8.33. The maximum Gasteiger partial charge on any atom is 0.222 e. The lowest BCUT2D eigenvalue weighted by Gasteiger charge is -2.33. The van der Waals surface area contributed by atoms with Gasteiger partial charge in [0.15, 0.2) is 0 Å². The molecule has 3 rings (SSSR count). The first kappa shape index (κ1) is 18.7. The van der Waals surface area contributed by atoms with Gasteiger partial charge in [0, 0.05) is 32.0 Å². The molecule has 2 amide bonds. The number of piperidine rings is 2. The molecule has 2 saturated heterocycles. The van der Waals surface area contributed by atoms with Crippen LogP contribution in [0, 0.1) is 11.8 Å². The van der Waals surface area contributed by atoms with E-state index in [4.69, 9.17) is 0 Å². The lowest BCUT2D eigenvalue weighted by atomic mass is 9.90. The molecule has 3 fully saturated rings. The molecule has 0 aromatic heterocycles. The maximum atomic E-state index is 12.5. The Morgan fingerprint density at radius 3 is 2.16 bits per heavy atom. The fourth-order valence-corrected chi connectivity index (χ4v) is 4.64. The minimum absolute atomic E-state index is 0.228. The second kappa shape index (κ2) is 9.56. The number of hydrogen-bond acceptors (Lipinski definition) is 3. The molecule has 2 aliphatic heterocycles. The van der Waals surface area contributed by atoms with Crippen molar-refractivity contribution in [3.8, 4) is 0 Å². The van der Waals surface area contributed by atoms with E-state index in [0.29, 0.717) is 36.6 Å². The zero-order valence-electron chi connectivity index (χ0n) is 15.6. The van der Waals surface area contributed by atoms with E-state index in [2.05, 4.69) is 10.6 Å². The van der Waals surface area contributed by atoms with E-state index in [0.717, 1.165) is 64.7 Å². The zero-order valence-corrected chi connectivity index (χ0v) is 15.6. The Balaban J connectivity index is 1.33. The topological polar surface area (TPSA) is 61.4 Å². The molecule has 142 valence electrons. The summed E-state index contributed by atoms with van der Waals surface area (Å²) < 4.78 is 0. The first-order valence-corrected chi connectivity index (χ1v) is 10.5. The molecule has 0 bridgehead atoms. The van der Waals surface area contributed by atoms with Gasteiger partial charge in [0.25, 0.3) is 0 Å². The molecule has 0 spiro atoms. The number of carbonyl (C=O) groups is 2. The minimum atomic E-state index is 0.228. The first-order valence-electron chi connectivity index (χ1n) is 10.5. The third-order valence-corrected chi connectivity index (χ3v) is 6.33. The van der Waals surface area contributed by atoms with Gasteiger partial charge in [-0.2, -0.15) is 0 Å². The quantitative estimate of drug-likeness (QED) is 0.801. The molecule has 1 aliphatic carbocycles. The Morgan fingerprint density at radius 2 is 1.48 bits per heavy atom. The zero-order chi connectivity index (χ0) is 17.5. The highest BCUT2D eigenvalue weighted by atomic mass is 16.2. The van der Waals surface area contributed by atoms with Crippen LogP contribution in [-0.4, -0.2) is 48.9 Å². The summed E-state index contributed by atoms with van der Waals surface area (Å²) in [5.41, 5.74) is 0. The summed E-state index contributed by atoms with van der Waals surface area (Å²) in [6.07, 6.45) is 11.7. The van der Waals surface area contributed by atoms with Crippen LogP contribution in [0.5, 0.6) is 0 Å². The summed E-state index contributed by atoms with van der Waals surface area (Å²) in [5, 5.41) is 6.59. The predicted octanol–water partition coefficient (Wildman–Crippen LogP) is 2.45. The standard InChI is InChI=1S/C20H35N3O2/c24-19(22-18-4-2-1-3-5-18)14-17-8-12-23(13-9-17)20(25)15-16-6-10-21-11-7-16/h16-18,21H,1-15H2,(H,22,24). The van der Waals surface area contributed by atoms with E-state index >= 15 is 0 Å². The van der Waals surface area contributed by atoms with Crippen molar-refractivity contribution in [1.29, 1.82) is 0 Å². The molecule has 5 nitrogen and oxygen atoms in total. The lowest BCUT2D eigenvalue weighted by Crippen LogP contribution is -2.42. The van der Waals surface area contributed by atoms with Crippen molar-refractivity contribution in [3.05, 3.63) is 0 Å². The number of likely N-dealkylation sites (tertiary alicyclic amines) is 1. The van der Waals surface area contributed by atoms with Crippen molar-refractivity contribution in [1.82, 2.24) is 15.5 Å². The van der Waals surface area contributed by atoms with Crippen molar-refractivity contribution in [2.75, 3.05) is 26.2 Å². The van der Waals surface area contributed by atoms with Gasteiger partial charge in [0.05, 0.1) is 0 Å². The number of hydrogen-bond donors (Lipinski definition) is 2. The normalized spacial score (nSPS) is 24.2. The second-order valence-corrected chi connectivity index (χ2v) is 8.33. The van der Waals surface area contributed by atoms with Crippen molar-refractivity contribution in [2.24, 2.45) is 11.8 Å². The summed E-state index contributed by atoms with van der Waals surface area (Å²) in [6, 6.07) is 0.410. The number of nitrogens with zero attached hydrogens (tertiary/aromatic N) is 1. The van der Waals surface area contributed by atoms with Crippen LogP contribution in [0.25, 0.3) is 0 Å². The highest BCUT2D eigenvalue weighted by Gasteiger charge is 2.27. The van der Waals surface area contributed by atoms with Gasteiger partial charge in [-0.1, -0.05) is 19.3 Å². The smallest absolute Gasteiger partial charge is 0.222 e. The van der Waals surface area contributed by atoms with Gasteiger partial charge in [0.2, 0.25) is 11.8 Å². The van der Waals surface area contributed by atoms with Gasteiger partial charge in [-0.3, -0.25) is 9.59 Å². The van der Waals surface area contributed by atoms with Crippen molar-refractivity contribution < 1.29 is 9.59 Å². The van der Waals surface area contributed by atoms with Crippen molar-refractivity contribution in [3.63, 3.8) is 0 Å².